The number of rotatable bonds is 2. The molecule has 0 aliphatic rings. The van der Waals surface area contributed by atoms with Gasteiger partial charge in [-0.25, -0.2) is 0 Å². The highest BCUT2D eigenvalue weighted by Crippen LogP contribution is 2.39. The van der Waals surface area contributed by atoms with Crippen LogP contribution in [0.15, 0.2) is 38.6 Å². The van der Waals surface area contributed by atoms with E-state index in [9.17, 15) is 0 Å². The first-order chi connectivity index (χ1) is 7.59. The molecule has 0 aliphatic carbocycles. The van der Waals surface area contributed by atoms with Crippen molar-refractivity contribution in [2.24, 2.45) is 0 Å². The second-order valence-electron chi connectivity index (χ2n) is 3.50. The van der Waals surface area contributed by atoms with Crippen LogP contribution in [0.5, 0.6) is 0 Å². The molecule has 1 heterocycles. The van der Waals surface area contributed by atoms with Crippen LogP contribution in [-0.2, 0) is 0 Å². The van der Waals surface area contributed by atoms with Gasteiger partial charge in [-0.15, -0.1) is 11.3 Å². The zero-order valence-electron chi connectivity index (χ0n) is 8.51. The second-order valence-corrected chi connectivity index (χ2v) is 7.08. The average molecular weight is 425 g/mol. The summed E-state index contributed by atoms with van der Waals surface area (Å²) in [5, 5.41) is 2.10. The van der Waals surface area contributed by atoms with Crippen molar-refractivity contribution in [2.45, 2.75) is 11.8 Å². The van der Waals surface area contributed by atoms with Crippen LogP contribution in [0.4, 0.5) is 0 Å². The molecule has 0 aliphatic heterocycles. The molecule has 0 saturated heterocycles. The Hall–Kier alpha value is 0.360. The Morgan fingerprint density at radius 2 is 1.88 bits per heavy atom. The number of benzene rings is 1. The van der Waals surface area contributed by atoms with Crippen molar-refractivity contribution in [1.29, 1.82) is 0 Å². The van der Waals surface area contributed by atoms with Crippen molar-refractivity contribution in [3.8, 4) is 0 Å². The Morgan fingerprint density at radius 1 is 1.12 bits per heavy atom. The maximum atomic E-state index is 3.75. The molecule has 0 radical (unpaired) electrons. The first kappa shape index (κ1) is 12.8. The number of alkyl halides is 1. The number of thiophene rings is 1. The maximum absolute atomic E-state index is 3.75. The predicted octanol–water partition coefficient (Wildman–Crippen LogP) is 6.07. The van der Waals surface area contributed by atoms with Crippen molar-refractivity contribution in [3.05, 3.63) is 54.6 Å². The molecule has 16 heavy (non-hydrogen) atoms. The van der Waals surface area contributed by atoms with E-state index in [0.717, 1.165) is 4.47 Å². The summed E-state index contributed by atoms with van der Waals surface area (Å²) in [7, 11) is 0. The summed E-state index contributed by atoms with van der Waals surface area (Å²) in [6.07, 6.45) is 0. The molecule has 1 unspecified atom stereocenters. The first-order valence-corrected chi connectivity index (χ1v) is 8.10. The lowest BCUT2D eigenvalue weighted by molar-refractivity contribution is 1.19. The molecule has 0 spiro atoms. The summed E-state index contributed by atoms with van der Waals surface area (Å²) < 4.78 is 2.32. The lowest BCUT2D eigenvalue weighted by Gasteiger charge is -2.10. The Bertz CT molecular complexity index is 505. The fraction of sp³-hybridized carbons (Fsp3) is 0.167. The topological polar surface area (TPSA) is 0 Å². The number of hydrogen-bond acceptors (Lipinski definition) is 1. The number of hydrogen-bond donors (Lipinski definition) is 0. The largest absolute Gasteiger partial charge is 0.146 e. The highest BCUT2D eigenvalue weighted by atomic mass is 79.9. The van der Waals surface area contributed by atoms with E-state index < -0.39 is 0 Å². The van der Waals surface area contributed by atoms with Crippen molar-refractivity contribution < 1.29 is 0 Å². The minimum Gasteiger partial charge on any atom is -0.146 e. The summed E-state index contributed by atoms with van der Waals surface area (Å²) in [5.41, 5.74) is 2.54. The van der Waals surface area contributed by atoms with E-state index in [1.807, 2.05) is 0 Å². The Morgan fingerprint density at radius 3 is 2.44 bits per heavy atom. The van der Waals surface area contributed by atoms with Gasteiger partial charge >= 0.3 is 0 Å². The van der Waals surface area contributed by atoms with Crippen LogP contribution in [-0.4, -0.2) is 0 Å². The molecule has 1 aromatic carbocycles. The van der Waals surface area contributed by atoms with Crippen LogP contribution in [0, 0.1) is 6.92 Å². The fourth-order valence-electron chi connectivity index (χ4n) is 1.46. The third kappa shape index (κ3) is 2.61. The molecule has 0 nitrogen and oxygen atoms in total. The average Bonchev–Trinajstić information content (AvgIpc) is 2.67. The molecule has 84 valence electrons. The van der Waals surface area contributed by atoms with E-state index in [2.05, 4.69) is 84.4 Å². The van der Waals surface area contributed by atoms with Gasteiger partial charge in [-0.1, -0.05) is 44.0 Å². The number of aryl methyl sites for hydroxylation is 1. The van der Waals surface area contributed by atoms with Crippen molar-refractivity contribution in [3.63, 3.8) is 0 Å². The molecule has 2 rings (SSSR count). The van der Waals surface area contributed by atoms with Crippen molar-refractivity contribution in [2.75, 3.05) is 0 Å². The van der Waals surface area contributed by atoms with Gasteiger partial charge in [0.15, 0.2) is 0 Å². The van der Waals surface area contributed by atoms with Gasteiger partial charge in [0.1, 0.15) is 0 Å². The van der Waals surface area contributed by atoms with E-state index in [1.54, 1.807) is 11.3 Å². The third-order valence-electron chi connectivity index (χ3n) is 2.35. The highest BCUT2D eigenvalue weighted by Gasteiger charge is 2.15. The van der Waals surface area contributed by atoms with Gasteiger partial charge in [0.25, 0.3) is 0 Å². The zero-order valence-corrected chi connectivity index (χ0v) is 14.1. The van der Waals surface area contributed by atoms with Gasteiger partial charge in [0.05, 0.1) is 4.83 Å². The SMILES string of the molecule is Cc1cc(C(Br)c2sccc2Br)ccc1Br. The quantitative estimate of drug-likeness (QED) is 0.513. The Balaban J connectivity index is 2.38. The van der Waals surface area contributed by atoms with Gasteiger partial charge in [-0.05, 0) is 51.5 Å². The van der Waals surface area contributed by atoms with Gasteiger partial charge in [0, 0.05) is 13.8 Å². The molecule has 1 atom stereocenters. The minimum absolute atomic E-state index is 0.258. The molecular weight excluding hydrogens is 416 g/mol. The monoisotopic (exact) mass is 422 g/mol. The maximum Gasteiger partial charge on any atom is 0.0749 e. The zero-order chi connectivity index (χ0) is 11.7. The molecule has 4 heteroatoms. The standard InChI is InChI=1S/C12H9Br3S/c1-7-6-8(2-3-9(7)13)11(15)12-10(14)4-5-16-12/h2-6,11H,1H3. The Kier molecular flexibility index (Phi) is 4.27. The molecule has 0 saturated carbocycles. The van der Waals surface area contributed by atoms with Crippen LogP contribution in [0.25, 0.3) is 0 Å². The van der Waals surface area contributed by atoms with E-state index in [-0.39, 0.29) is 4.83 Å². The molecule has 1 aromatic heterocycles. The van der Waals surface area contributed by atoms with E-state index in [0.29, 0.717) is 0 Å². The van der Waals surface area contributed by atoms with Crippen LogP contribution in [0.1, 0.15) is 20.8 Å². The molecule has 0 fully saturated rings. The second kappa shape index (κ2) is 5.34. The van der Waals surface area contributed by atoms with Crippen molar-refractivity contribution >= 4 is 59.1 Å². The van der Waals surface area contributed by atoms with E-state index in [1.165, 1.54) is 20.5 Å². The lowest BCUT2D eigenvalue weighted by atomic mass is 10.1. The molecule has 0 bridgehead atoms. The smallest absolute Gasteiger partial charge is 0.0749 e. The highest BCUT2D eigenvalue weighted by molar-refractivity contribution is 9.11. The molecule has 0 amide bonds. The van der Waals surface area contributed by atoms with Gasteiger partial charge in [0.2, 0.25) is 0 Å². The van der Waals surface area contributed by atoms with Crippen LogP contribution < -0.4 is 0 Å². The Labute approximate surface area is 124 Å². The molecular formula is C12H9Br3S. The fourth-order valence-corrected chi connectivity index (χ4v) is 4.48. The van der Waals surface area contributed by atoms with E-state index >= 15 is 0 Å². The summed E-state index contributed by atoms with van der Waals surface area (Å²) in [4.78, 5) is 1.57. The molecule has 2 aromatic rings. The predicted molar refractivity (Wildman–Crippen MR) is 81.7 cm³/mol. The summed E-state index contributed by atoms with van der Waals surface area (Å²) in [6, 6.07) is 8.53. The summed E-state index contributed by atoms with van der Waals surface area (Å²) in [6.45, 7) is 2.11. The van der Waals surface area contributed by atoms with Crippen LogP contribution >= 0.6 is 59.1 Å². The lowest BCUT2D eigenvalue weighted by Crippen LogP contribution is -1.91. The normalized spacial score (nSPS) is 12.8. The van der Waals surface area contributed by atoms with Crippen LogP contribution in [0.3, 0.4) is 0 Å². The summed E-state index contributed by atoms with van der Waals surface area (Å²) in [5.74, 6) is 0. The summed E-state index contributed by atoms with van der Waals surface area (Å²) >= 11 is 12.6. The molecule has 0 N–H and O–H groups in total. The van der Waals surface area contributed by atoms with Gasteiger partial charge < -0.3 is 0 Å². The van der Waals surface area contributed by atoms with Gasteiger partial charge in [-0.3, -0.25) is 0 Å². The minimum atomic E-state index is 0.258. The van der Waals surface area contributed by atoms with E-state index in [4.69, 9.17) is 0 Å². The van der Waals surface area contributed by atoms with Gasteiger partial charge in [-0.2, -0.15) is 0 Å². The van der Waals surface area contributed by atoms with Crippen LogP contribution in [0.2, 0.25) is 0 Å². The van der Waals surface area contributed by atoms with Crippen molar-refractivity contribution in [1.82, 2.24) is 0 Å². The third-order valence-corrected chi connectivity index (χ3v) is 6.46. The first-order valence-electron chi connectivity index (χ1n) is 4.72. The number of halogens is 3.